The highest BCUT2D eigenvalue weighted by molar-refractivity contribution is 5.69. The number of carboxylic acid groups (broad SMARTS) is 1. The first-order valence-corrected chi connectivity index (χ1v) is 5.24. The molecule has 0 radical (unpaired) electrons. The van der Waals surface area contributed by atoms with Gasteiger partial charge in [0.25, 0.3) is 0 Å². The molecular weight excluding hydrogens is 180 g/mol. The van der Waals surface area contributed by atoms with Crippen LogP contribution in [0.1, 0.15) is 13.3 Å². The monoisotopic (exact) mass is 200 g/mol. The van der Waals surface area contributed by atoms with Crippen molar-refractivity contribution in [3.8, 4) is 0 Å². The number of nitrogens with zero attached hydrogens (tertiary/aromatic N) is 2. The van der Waals surface area contributed by atoms with Crippen LogP contribution in [0.4, 0.5) is 0 Å². The minimum Gasteiger partial charge on any atom is -0.480 e. The fourth-order valence-electron chi connectivity index (χ4n) is 2.04. The molecule has 0 spiro atoms. The van der Waals surface area contributed by atoms with Crippen molar-refractivity contribution in [1.82, 2.24) is 9.80 Å². The molecule has 0 amide bonds. The van der Waals surface area contributed by atoms with E-state index in [1.165, 1.54) is 6.42 Å². The third-order valence-electron chi connectivity index (χ3n) is 2.81. The molecular formula is C10H20N2O2. The molecule has 14 heavy (non-hydrogen) atoms. The van der Waals surface area contributed by atoms with Crippen LogP contribution in [-0.4, -0.2) is 60.6 Å². The highest BCUT2D eigenvalue weighted by Gasteiger charge is 2.22. The quantitative estimate of drug-likeness (QED) is 0.695. The minimum atomic E-state index is -0.724. The van der Waals surface area contributed by atoms with Gasteiger partial charge in [-0.15, -0.1) is 0 Å². The number of hydrogen-bond donors (Lipinski definition) is 1. The van der Waals surface area contributed by atoms with Crippen LogP contribution in [0.25, 0.3) is 0 Å². The van der Waals surface area contributed by atoms with E-state index in [2.05, 4.69) is 11.9 Å². The Labute approximate surface area is 85.5 Å². The highest BCUT2D eigenvalue weighted by atomic mass is 16.4. The first-order valence-electron chi connectivity index (χ1n) is 5.24. The molecule has 1 aliphatic rings. The van der Waals surface area contributed by atoms with Crippen molar-refractivity contribution in [3.63, 3.8) is 0 Å². The fraction of sp³-hybridized carbons (Fsp3) is 0.900. The van der Waals surface area contributed by atoms with Crippen LogP contribution in [0.3, 0.4) is 0 Å². The Morgan fingerprint density at radius 3 is 2.79 bits per heavy atom. The van der Waals surface area contributed by atoms with Crippen molar-refractivity contribution in [1.29, 1.82) is 0 Å². The molecule has 1 saturated heterocycles. The standard InChI is InChI=1S/C10H20N2O2/c1-3-12(8-10(13)14)7-9-4-5-11(2)6-9/h9H,3-8H2,1-2H3,(H,13,14). The third kappa shape index (κ3) is 3.64. The predicted molar refractivity (Wildman–Crippen MR) is 55.4 cm³/mol. The molecule has 0 aliphatic carbocycles. The number of carboxylic acids is 1. The summed E-state index contributed by atoms with van der Waals surface area (Å²) >= 11 is 0. The summed E-state index contributed by atoms with van der Waals surface area (Å²) < 4.78 is 0. The van der Waals surface area contributed by atoms with Crippen LogP contribution in [0.5, 0.6) is 0 Å². The lowest BCUT2D eigenvalue weighted by atomic mass is 10.1. The van der Waals surface area contributed by atoms with Gasteiger partial charge in [0.05, 0.1) is 6.54 Å². The van der Waals surface area contributed by atoms with Crippen LogP contribution < -0.4 is 0 Å². The molecule has 0 aromatic heterocycles. The molecule has 1 fully saturated rings. The van der Waals surface area contributed by atoms with Gasteiger partial charge in [-0.2, -0.15) is 0 Å². The summed E-state index contributed by atoms with van der Waals surface area (Å²) in [6.45, 7) is 6.20. The second kappa shape index (κ2) is 5.32. The van der Waals surface area contributed by atoms with Crippen molar-refractivity contribution in [3.05, 3.63) is 0 Å². The van der Waals surface area contributed by atoms with E-state index in [1.54, 1.807) is 0 Å². The van der Waals surface area contributed by atoms with E-state index < -0.39 is 5.97 Å². The summed E-state index contributed by atoms with van der Waals surface area (Å²) in [4.78, 5) is 14.9. The molecule has 0 aromatic rings. The summed E-state index contributed by atoms with van der Waals surface area (Å²) in [6.07, 6.45) is 1.20. The average Bonchev–Trinajstić information content (AvgIpc) is 2.49. The molecule has 4 heteroatoms. The first-order chi connectivity index (χ1) is 6.61. The van der Waals surface area contributed by atoms with E-state index in [0.717, 1.165) is 26.2 Å². The van der Waals surface area contributed by atoms with Gasteiger partial charge in [0.1, 0.15) is 0 Å². The van der Waals surface area contributed by atoms with E-state index in [4.69, 9.17) is 5.11 Å². The molecule has 1 rings (SSSR count). The zero-order valence-corrected chi connectivity index (χ0v) is 9.07. The molecule has 4 nitrogen and oxygen atoms in total. The normalized spacial score (nSPS) is 23.2. The smallest absolute Gasteiger partial charge is 0.317 e. The van der Waals surface area contributed by atoms with E-state index in [1.807, 2.05) is 11.8 Å². The Kier molecular flexibility index (Phi) is 4.35. The molecule has 82 valence electrons. The van der Waals surface area contributed by atoms with Crippen molar-refractivity contribution in [2.75, 3.05) is 39.8 Å². The number of aliphatic carboxylic acids is 1. The molecule has 1 heterocycles. The number of likely N-dealkylation sites (N-methyl/N-ethyl adjacent to an activating group) is 1. The van der Waals surface area contributed by atoms with E-state index >= 15 is 0 Å². The summed E-state index contributed by atoms with van der Waals surface area (Å²) in [6, 6.07) is 0. The third-order valence-corrected chi connectivity index (χ3v) is 2.81. The number of carbonyl (C=O) groups is 1. The van der Waals surface area contributed by atoms with Gasteiger partial charge in [-0.05, 0) is 32.5 Å². The maximum absolute atomic E-state index is 10.6. The number of rotatable bonds is 5. The second-order valence-corrected chi connectivity index (χ2v) is 4.14. The molecule has 1 unspecified atom stereocenters. The van der Waals surface area contributed by atoms with Crippen LogP contribution in [0.15, 0.2) is 0 Å². The molecule has 0 aromatic carbocycles. The van der Waals surface area contributed by atoms with E-state index in [-0.39, 0.29) is 6.54 Å². The van der Waals surface area contributed by atoms with Crippen molar-refractivity contribution in [2.24, 2.45) is 5.92 Å². The SMILES string of the molecule is CCN(CC(=O)O)CC1CCN(C)C1. The van der Waals surface area contributed by atoms with E-state index in [9.17, 15) is 4.79 Å². The van der Waals surface area contributed by atoms with Crippen molar-refractivity contribution in [2.45, 2.75) is 13.3 Å². The molecule has 1 N–H and O–H groups in total. The fourth-order valence-corrected chi connectivity index (χ4v) is 2.04. The van der Waals surface area contributed by atoms with E-state index in [0.29, 0.717) is 5.92 Å². The number of hydrogen-bond acceptors (Lipinski definition) is 3. The Morgan fingerprint density at radius 1 is 1.64 bits per heavy atom. The van der Waals surface area contributed by atoms with Gasteiger partial charge in [0.2, 0.25) is 0 Å². The van der Waals surface area contributed by atoms with Crippen LogP contribution in [0.2, 0.25) is 0 Å². The molecule has 1 aliphatic heterocycles. The van der Waals surface area contributed by atoms with Gasteiger partial charge in [0.15, 0.2) is 0 Å². The molecule has 1 atom stereocenters. The Morgan fingerprint density at radius 2 is 2.36 bits per heavy atom. The van der Waals surface area contributed by atoms with Crippen LogP contribution in [-0.2, 0) is 4.79 Å². The number of likely N-dealkylation sites (tertiary alicyclic amines) is 1. The largest absolute Gasteiger partial charge is 0.480 e. The van der Waals surface area contributed by atoms with Crippen LogP contribution in [0, 0.1) is 5.92 Å². The van der Waals surface area contributed by atoms with Gasteiger partial charge in [-0.3, -0.25) is 9.69 Å². The Bertz CT molecular complexity index is 197. The molecule has 0 bridgehead atoms. The van der Waals surface area contributed by atoms with Gasteiger partial charge in [-0.25, -0.2) is 0 Å². The summed E-state index contributed by atoms with van der Waals surface area (Å²) in [5.74, 6) is -0.0718. The predicted octanol–water partition coefficient (Wildman–Crippen LogP) is 0.345. The highest BCUT2D eigenvalue weighted by Crippen LogP contribution is 2.15. The summed E-state index contributed by atoms with van der Waals surface area (Å²) in [5, 5.41) is 8.69. The maximum atomic E-state index is 10.6. The lowest BCUT2D eigenvalue weighted by Gasteiger charge is -2.21. The van der Waals surface area contributed by atoms with Gasteiger partial charge in [0, 0.05) is 13.1 Å². The van der Waals surface area contributed by atoms with Crippen molar-refractivity contribution >= 4 is 5.97 Å². The van der Waals surface area contributed by atoms with Gasteiger partial charge in [-0.1, -0.05) is 6.92 Å². The lowest BCUT2D eigenvalue weighted by molar-refractivity contribution is -0.138. The summed E-state index contributed by atoms with van der Waals surface area (Å²) in [7, 11) is 2.12. The minimum absolute atomic E-state index is 0.177. The van der Waals surface area contributed by atoms with Gasteiger partial charge >= 0.3 is 5.97 Å². The Hall–Kier alpha value is -0.610. The van der Waals surface area contributed by atoms with Gasteiger partial charge < -0.3 is 10.0 Å². The first kappa shape index (κ1) is 11.5. The zero-order valence-electron chi connectivity index (χ0n) is 9.07. The van der Waals surface area contributed by atoms with Crippen molar-refractivity contribution < 1.29 is 9.90 Å². The summed E-state index contributed by atoms with van der Waals surface area (Å²) in [5.41, 5.74) is 0. The van der Waals surface area contributed by atoms with Crippen LogP contribution >= 0.6 is 0 Å². The topological polar surface area (TPSA) is 43.8 Å². The average molecular weight is 200 g/mol. The maximum Gasteiger partial charge on any atom is 0.317 e. The Balaban J connectivity index is 2.29. The second-order valence-electron chi connectivity index (χ2n) is 4.14. The lowest BCUT2D eigenvalue weighted by Crippen LogP contribution is -2.34. The molecule has 0 saturated carbocycles. The zero-order chi connectivity index (χ0) is 10.6.